The molecule has 2 rings (SSSR count). The van der Waals surface area contributed by atoms with E-state index in [1.54, 1.807) is 24.3 Å². The molecule has 0 spiro atoms. The number of rotatable bonds is 10. The number of amides is 1. The van der Waals surface area contributed by atoms with E-state index >= 15 is 0 Å². The number of benzene rings is 1. The van der Waals surface area contributed by atoms with E-state index in [1.807, 2.05) is 6.92 Å². The molecule has 0 saturated carbocycles. The van der Waals surface area contributed by atoms with Gasteiger partial charge in [-0.15, -0.1) is 0 Å². The highest BCUT2D eigenvalue weighted by Crippen LogP contribution is 2.14. The van der Waals surface area contributed by atoms with Gasteiger partial charge in [0.25, 0.3) is 0 Å². The lowest BCUT2D eigenvalue weighted by atomic mass is 10.1. The predicted octanol–water partition coefficient (Wildman–Crippen LogP) is 3.43. The highest BCUT2D eigenvalue weighted by molar-refractivity contribution is 5.98. The molecule has 1 N–H and O–H groups in total. The Hall–Kier alpha value is -1.88. The third-order valence-corrected chi connectivity index (χ3v) is 4.74. The molecule has 0 unspecified atom stereocenters. The van der Waals surface area contributed by atoms with Crippen molar-refractivity contribution in [3.8, 4) is 5.75 Å². The average Bonchev–Trinajstić information content (AvgIpc) is 2.93. The molecule has 0 aromatic heterocycles. The van der Waals surface area contributed by atoms with Crippen molar-refractivity contribution >= 4 is 11.7 Å². The number of Topliss-reactive ketones (excluding diaryl/α,β-unsaturated/α-hetero) is 1. The molecule has 1 aliphatic rings. The minimum atomic E-state index is -0.0415. The van der Waals surface area contributed by atoms with Gasteiger partial charge in [0, 0.05) is 24.9 Å². The van der Waals surface area contributed by atoms with Crippen molar-refractivity contribution in [1.29, 1.82) is 0 Å². The van der Waals surface area contributed by atoms with Crippen LogP contribution in [0.25, 0.3) is 0 Å². The van der Waals surface area contributed by atoms with Gasteiger partial charge in [0.1, 0.15) is 5.75 Å². The summed E-state index contributed by atoms with van der Waals surface area (Å²) in [5.41, 5.74) is 0.627. The zero-order chi connectivity index (χ0) is 18.6. The van der Waals surface area contributed by atoms with Crippen LogP contribution in [0.5, 0.6) is 5.75 Å². The lowest BCUT2D eigenvalue weighted by molar-refractivity contribution is -0.121. The van der Waals surface area contributed by atoms with Crippen LogP contribution in [-0.4, -0.2) is 49.4 Å². The smallest absolute Gasteiger partial charge is 0.220 e. The van der Waals surface area contributed by atoms with Crippen LogP contribution in [0, 0.1) is 0 Å². The van der Waals surface area contributed by atoms with E-state index in [-0.39, 0.29) is 24.5 Å². The van der Waals surface area contributed by atoms with Gasteiger partial charge in [-0.05, 0) is 70.1 Å². The van der Waals surface area contributed by atoms with Crippen LogP contribution >= 0.6 is 0 Å². The number of hydrogen-bond donors (Lipinski definition) is 1. The first-order valence-electron chi connectivity index (χ1n) is 9.94. The number of ketones is 1. The van der Waals surface area contributed by atoms with E-state index < -0.39 is 0 Å². The minimum Gasteiger partial charge on any atom is -0.494 e. The van der Waals surface area contributed by atoms with Crippen molar-refractivity contribution in [3.63, 3.8) is 0 Å². The summed E-state index contributed by atoms with van der Waals surface area (Å²) in [7, 11) is 0. The minimum absolute atomic E-state index is 0.00670. The van der Waals surface area contributed by atoms with E-state index in [0.717, 1.165) is 18.7 Å². The topological polar surface area (TPSA) is 58.6 Å². The maximum absolute atomic E-state index is 12.2. The van der Waals surface area contributed by atoms with Crippen LogP contribution in [-0.2, 0) is 4.79 Å². The Bertz CT molecular complexity index is 549. The van der Waals surface area contributed by atoms with E-state index in [1.165, 1.54) is 38.8 Å². The van der Waals surface area contributed by atoms with Crippen LogP contribution in [0.2, 0.25) is 0 Å². The second-order valence-corrected chi connectivity index (χ2v) is 6.84. The SMILES string of the molecule is CCOc1ccc(C(=O)CCC(=O)NCCCN2CCCCCC2)cc1. The quantitative estimate of drug-likeness (QED) is 0.513. The van der Waals surface area contributed by atoms with Crippen molar-refractivity contribution in [2.45, 2.75) is 51.9 Å². The molecule has 5 nitrogen and oxygen atoms in total. The van der Waals surface area contributed by atoms with Gasteiger partial charge in [0.15, 0.2) is 5.78 Å². The van der Waals surface area contributed by atoms with Gasteiger partial charge >= 0.3 is 0 Å². The van der Waals surface area contributed by atoms with Gasteiger partial charge in [-0.2, -0.15) is 0 Å². The van der Waals surface area contributed by atoms with E-state index in [0.29, 0.717) is 18.7 Å². The fourth-order valence-electron chi connectivity index (χ4n) is 3.25. The highest BCUT2D eigenvalue weighted by atomic mass is 16.5. The molecular formula is C21H32N2O3. The summed E-state index contributed by atoms with van der Waals surface area (Å²) in [5.74, 6) is 0.708. The number of hydrogen-bond acceptors (Lipinski definition) is 4. The fraction of sp³-hybridized carbons (Fsp3) is 0.619. The number of nitrogens with zero attached hydrogens (tertiary/aromatic N) is 1. The van der Waals surface area contributed by atoms with Gasteiger partial charge in [-0.3, -0.25) is 9.59 Å². The molecule has 1 amide bonds. The maximum atomic E-state index is 12.2. The maximum Gasteiger partial charge on any atom is 0.220 e. The molecule has 1 aromatic carbocycles. The lowest BCUT2D eigenvalue weighted by Gasteiger charge is -2.19. The van der Waals surface area contributed by atoms with Crippen molar-refractivity contribution in [2.75, 3.05) is 32.8 Å². The molecule has 1 aliphatic heterocycles. The number of ether oxygens (including phenoxy) is 1. The molecule has 26 heavy (non-hydrogen) atoms. The lowest BCUT2D eigenvalue weighted by Crippen LogP contribution is -2.30. The zero-order valence-electron chi connectivity index (χ0n) is 16.0. The first-order valence-corrected chi connectivity index (χ1v) is 9.94. The van der Waals surface area contributed by atoms with E-state index in [4.69, 9.17) is 4.74 Å². The fourth-order valence-corrected chi connectivity index (χ4v) is 3.25. The van der Waals surface area contributed by atoms with Crippen molar-refractivity contribution in [2.24, 2.45) is 0 Å². The third kappa shape index (κ3) is 7.56. The Kier molecular flexibility index (Phi) is 9.18. The van der Waals surface area contributed by atoms with Crippen LogP contribution in [0.3, 0.4) is 0 Å². The first-order chi connectivity index (χ1) is 12.7. The summed E-state index contributed by atoms with van der Waals surface area (Å²) in [6.45, 7) is 6.63. The molecular weight excluding hydrogens is 328 g/mol. The Morgan fingerprint density at radius 3 is 2.38 bits per heavy atom. The summed E-state index contributed by atoms with van der Waals surface area (Å²) in [5, 5.41) is 2.93. The van der Waals surface area contributed by atoms with Crippen LogP contribution < -0.4 is 10.1 Å². The second-order valence-electron chi connectivity index (χ2n) is 6.84. The van der Waals surface area contributed by atoms with E-state index in [9.17, 15) is 9.59 Å². The van der Waals surface area contributed by atoms with Gasteiger partial charge in [0.2, 0.25) is 5.91 Å². The molecule has 0 atom stereocenters. The molecule has 0 radical (unpaired) electrons. The second kappa shape index (κ2) is 11.7. The summed E-state index contributed by atoms with van der Waals surface area (Å²) in [6, 6.07) is 7.10. The number of carbonyl (C=O) groups excluding carboxylic acids is 2. The molecule has 1 aromatic rings. The predicted molar refractivity (Wildman–Crippen MR) is 104 cm³/mol. The van der Waals surface area contributed by atoms with Gasteiger partial charge < -0.3 is 15.0 Å². The molecule has 1 saturated heterocycles. The van der Waals surface area contributed by atoms with Crippen molar-refractivity contribution in [3.05, 3.63) is 29.8 Å². The standard InChI is InChI=1S/C21H32N2O3/c1-2-26-19-10-8-18(9-11-19)20(24)12-13-21(25)22-14-7-17-23-15-5-3-4-6-16-23/h8-11H,2-7,12-17H2,1H3,(H,22,25). The van der Waals surface area contributed by atoms with Crippen LogP contribution in [0.4, 0.5) is 0 Å². The van der Waals surface area contributed by atoms with Crippen LogP contribution in [0.1, 0.15) is 62.2 Å². The largest absolute Gasteiger partial charge is 0.494 e. The number of carbonyl (C=O) groups is 2. The van der Waals surface area contributed by atoms with Crippen molar-refractivity contribution < 1.29 is 14.3 Å². The van der Waals surface area contributed by atoms with Crippen LogP contribution in [0.15, 0.2) is 24.3 Å². The Balaban J connectivity index is 1.59. The van der Waals surface area contributed by atoms with Crippen molar-refractivity contribution in [1.82, 2.24) is 10.2 Å². The summed E-state index contributed by atoms with van der Waals surface area (Å²) >= 11 is 0. The Morgan fingerprint density at radius 2 is 1.73 bits per heavy atom. The molecule has 0 bridgehead atoms. The zero-order valence-corrected chi connectivity index (χ0v) is 16.0. The molecule has 1 fully saturated rings. The van der Waals surface area contributed by atoms with E-state index in [2.05, 4.69) is 10.2 Å². The Labute approximate surface area is 157 Å². The normalized spacial score (nSPS) is 15.3. The molecule has 144 valence electrons. The van der Waals surface area contributed by atoms with Gasteiger partial charge in [-0.1, -0.05) is 12.8 Å². The molecule has 5 heteroatoms. The molecule has 0 aliphatic carbocycles. The monoisotopic (exact) mass is 360 g/mol. The Morgan fingerprint density at radius 1 is 1.04 bits per heavy atom. The average molecular weight is 360 g/mol. The summed E-state index contributed by atoms with van der Waals surface area (Å²) in [4.78, 5) is 26.6. The summed E-state index contributed by atoms with van der Waals surface area (Å²) in [6.07, 6.45) is 6.73. The molecule has 1 heterocycles. The van der Waals surface area contributed by atoms with Gasteiger partial charge in [0.05, 0.1) is 6.61 Å². The summed E-state index contributed by atoms with van der Waals surface area (Å²) < 4.78 is 5.37. The third-order valence-electron chi connectivity index (χ3n) is 4.74. The number of likely N-dealkylation sites (tertiary alicyclic amines) is 1. The van der Waals surface area contributed by atoms with Gasteiger partial charge in [-0.25, -0.2) is 0 Å². The first kappa shape index (κ1) is 20.4. The number of nitrogens with one attached hydrogen (secondary N) is 1. The highest BCUT2D eigenvalue weighted by Gasteiger charge is 2.11.